The van der Waals surface area contributed by atoms with Gasteiger partial charge in [-0.3, -0.25) is 4.79 Å². The van der Waals surface area contributed by atoms with E-state index in [2.05, 4.69) is 10.3 Å². The van der Waals surface area contributed by atoms with Gasteiger partial charge in [0.15, 0.2) is 0 Å². The summed E-state index contributed by atoms with van der Waals surface area (Å²) in [7, 11) is 0. The third-order valence-electron chi connectivity index (χ3n) is 2.53. The van der Waals surface area contributed by atoms with Gasteiger partial charge < -0.3 is 10.4 Å². The van der Waals surface area contributed by atoms with Crippen molar-refractivity contribution in [2.24, 2.45) is 0 Å². The van der Waals surface area contributed by atoms with Crippen LogP contribution in [0.4, 0.5) is 5.69 Å². The predicted octanol–water partition coefficient (Wildman–Crippen LogP) is 2.41. The molecule has 0 aliphatic carbocycles. The summed E-state index contributed by atoms with van der Waals surface area (Å²) in [4.78, 5) is 25.7. The molecule has 0 spiro atoms. The van der Waals surface area contributed by atoms with E-state index in [9.17, 15) is 9.59 Å². The molecule has 2 N–H and O–H groups in total. The van der Waals surface area contributed by atoms with Gasteiger partial charge in [-0.1, -0.05) is 24.3 Å². The Morgan fingerprint density at radius 2 is 1.89 bits per heavy atom. The minimum Gasteiger partial charge on any atom is -0.477 e. The number of aromatic carboxylic acids is 1. The lowest BCUT2D eigenvalue weighted by Gasteiger charge is -2.09. The van der Waals surface area contributed by atoms with Crippen molar-refractivity contribution in [2.75, 3.05) is 5.32 Å². The maximum absolute atomic E-state index is 11.1. The Morgan fingerprint density at radius 1 is 1.16 bits per heavy atom. The minimum atomic E-state index is -1.07. The molecule has 1 aromatic heterocycles. The van der Waals surface area contributed by atoms with Gasteiger partial charge in [-0.15, -0.1) is 0 Å². The first kappa shape index (κ1) is 12.8. The molecule has 5 heteroatoms. The second kappa shape index (κ2) is 5.30. The summed E-state index contributed by atoms with van der Waals surface area (Å²) in [6.07, 6.45) is 1.48. The number of amides is 1. The zero-order valence-electron chi connectivity index (χ0n) is 10.3. The number of rotatable bonds is 3. The summed E-state index contributed by atoms with van der Waals surface area (Å²) in [5.74, 6) is -1.23. The number of nitrogens with zero attached hydrogens (tertiary/aromatic N) is 1. The second-order valence-electron chi connectivity index (χ2n) is 3.96. The molecule has 2 aromatic rings. The number of para-hydroxylation sites is 1. The van der Waals surface area contributed by atoms with Crippen LogP contribution in [0, 0.1) is 0 Å². The molecule has 0 saturated heterocycles. The Kier molecular flexibility index (Phi) is 3.56. The highest BCUT2D eigenvalue weighted by Crippen LogP contribution is 2.27. The van der Waals surface area contributed by atoms with Crippen LogP contribution in [0.15, 0.2) is 42.6 Å². The van der Waals surface area contributed by atoms with Crippen LogP contribution < -0.4 is 5.32 Å². The van der Waals surface area contributed by atoms with E-state index in [0.717, 1.165) is 11.1 Å². The first-order valence-electron chi connectivity index (χ1n) is 5.64. The molecule has 0 atom stereocenters. The Hall–Kier alpha value is -2.69. The van der Waals surface area contributed by atoms with Crippen molar-refractivity contribution in [1.29, 1.82) is 0 Å². The highest BCUT2D eigenvalue weighted by molar-refractivity contribution is 5.94. The number of aromatic nitrogens is 1. The fraction of sp³-hybridized carbons (Fsp3) is 0.0714. The largest absolute Gasteiger partial charge is 0.477 e. The van der Waals surface area contributed by atoms with Gasteiger partial charge in [-0.2, -0.15) is 0 Å². The van der Waals surface area contributed by atoms with Gasteiger partial charge in [0.1, 0.15) is 5.69 Å². The highest BCUT2D eigenvalue weighted by atomic mass is 16.4. The summed E-state index contributed by atoms with van der Waals surface area (Å²) >= 11 is 0. The molecule has 2 rings (SSSR count). The fourth-order valence-electron chi connectivity index (χ4n) is 1.71. The summed E-state index contributed by atoms with van der Waals surface area (Å²) in [6, 6.07) is 10.4. The maximum atomic E-state index is 11.1. The molecule has 0 unspecified atom stereocenters. The molecule has 0 fully saturated rings. The molecule has 0 radical (unpaired) electrons. The average molecular weight is 256 g/mol. The van der Waals surface area contributed by atoms with Gasteiger partial charge in [0.25, 0.3) is 0 Å². The van der Waals surface area contributed by atoms with Crippen LogP contribution in [0.5, 0.6) is 0 Å². The fourth-order valence-corrected chi connectivity index (χ4v) is 1.71. The molecular formula is C14H12N2O3. The van der Waals surface area contributed by atoms with E-state index in [4.69, 9.17) is 5.11 Å². The van der Waals surface area contributed by atoms with Crippen LogP contribution in [0.25, 0.3) is 11.1 Å². The lowest BCUT2D eigenvalue weighted by molar-refractivity contribution is -0.114. The quantitative estimate of drug-likeness (QED) is 0.883. The van der Waals surface area contributed by atoms with Crippen molar-refractivity contribution in [3.63, 3.8) is 0 Å². The molecule has 0 saturated carbocycles. The van der Waals surface area contributed by atoms with Crippen LogP contribution in [0.1, 0.15) is 17.4 Å². The van der Waals surface area contributed by atoms with Crippen LogP contribution in [-0.2, 0) is 4.79 Å². The van der Waals surface area contributed by atoms with Crippen molar-refractivity contribution >= 4 is 17.6 Å². The average Bonchev–Trinajstić information content (AvgIpc) is 2.39. The molecule has 19 heavy (non-hydrogen) atoms. The molecule has 96 valence electrons. The number of carboxylic acids is 1. The van der Waals surface area contributed by atoms with Gasteiger partial charge in [0, 0.05) is 29.9 Å². The van der Waals surface area contributed by atoms with Crippen molar-refractivity contribution in [3.05, 3.63) is 48.3 Å². The first-order valence-corrected chi connectivity index (χ1v) is 5.64. The normalized spacial score (nSPS) is 9.95. The monoisotopic (exact) mass is 256 g/mol. The Bertz CT molecular complexity index is 621. The zero-order valence-corrected chi connectivity index (χ0v) is 10.3. The molecular weight excluding hydrogens is 244 g/mol. The van der Waals surface area contributed by atoms with Gasteiger partial charge in [0.05, 0.1) is 0 Å². The molecule has 1 aromatic carbocycles. The van der Waals surface area contributed by atoms with E-state index in [-0.39, 0.29) is 11.6 Å². The molecule has 5 nitrogen and oxygen atoms in total. The van der Waals surface area contributed by atoms with Crippen LogP contribution in [0.2, 0.25) is 0 Å². The smallest absolute Gasteiger partial charge is 0.354 e. The van der Waals surface area contributed by atoms with E-state index in [1.807, 2.05) is 18.2 Å². The van der Waals surface area contributed by atoms with E-state index in [0.29, 0.717) is 5.69 Å². The van der Waals surface area contributed by atoms with Gasteiger partial charge in [0.2, 0.25) is 5.91 Å². The van der Waals surface area contributed by atoms with Gasteiger partial charge in [-0.25, -0.2) is 9.78 Å². The third kappa shape index (κ3) is 2.95. The molecule has 0 aliphatic heterocycles. The molecule has 0 aliphatic rings. The molecule has 1 heterocycles. The lowest BCUT2D eigenvalue weighted by atomic mass is 10.1. The predicted molar refractivity (Wildman–Crippen MR) is 70.9 cm³/mol. The van der Waals surface area contributed by atoms with Crippen molar-refractivity contribution in [2.45, 2.75) is 6.92 Å². The Balaban J connectivity index is 2.41. The Labute approximate surface area is 109 Å². The van der Waals surface area contributed by atoms with E-state index >= 15 is 0 Å². The van der Waals surface area contributed by atoms with Crippen molar-refractivity contribution < 1.29 is 14.7 Å². The van der Waals surface area contributed by atoms with E-state index in [1.165, 1.54) is 19.2 Å². The topological polar surface area (TPSA) is 79.3 Å². The van der Waals surface area contributed by atoms with Crippen molar-refractivity contribution in [3.8, 4) is 11.1 Å². The highest BCUT2D eigenvalue weighted by Gasteiger charge is 2.08. The maximum Gasteiger partial charge on any atom is 0.354 e. The molecule has 0 bridgehead atoms. The number of carboxylic acid groups (broad SMARTS) is 1. The molecule has 1 amide bonds. The third-order valence-corrected chi connectivity index (χ3v) is 2.53. The van der Waals surface area contributed by atoms with Gasteiger partial charge in [-0.05, 0) is 12.1 Å². The van der Waals surface area contributed by atoms with E-state index in [1.54, 1.807) is 12.1 Å². The number of carbonyl (C=O) groups excluding carboxylic acids is 1. The number of anilines is 1. The van der Waals surface area contributed by atoms with Crippen LogP contribution >= 0.6 is 0 Å². The number of carbonyl (C=O) groups is 2. The number of hydrogen-bond donors (Lipinski definition) is 2. The van der Waals surface area contributed by atoms with Crippen molar-refractivity contribution in [1.82, 2.24) is 4.98 Å². The minimum absolute atomic E-state index is 0.0132. The summed E-state index contributed by atoms with van der Waals surface area (Å²) < 4.78 is 0. The summed E-state index contributed by atoms with van der Waals surface area (Å²) in [5, 5.41) is 11.5. The van der Waals surface area contributed by atoms with Gasteiger partial charge >= 0.3 is 5.97 Å². The zero-order chi connectivity index (χ0) is 13.8. The summed E-state index contributed by atoms with van der Waals surface area (Å²) in [6.45, 7) is 1.43. The SMILES string of the molecule is CC(=O)Nc1ccccc1-c1ccc(C(=O)O)nc1. The van der Waals surface area contributed by atoms with Crippen LogP contribution in [0.3, 0.4) is 0 Å². The standard InChI is InChI=1S/C14H12N2O3/c1-9(17)16-12-5-3-2-4-11(12)10-6-7-13(14(18)19)15-8-10/h2-8H,1H3,(H,16,17)(H,18,19). The number of benzene rings is 1. The van der Waals surface area contributed by atoms with E-state index < -0.39 is 5.97 Å². The number of hydrogen-bond acceptors (Lipinski definition) is 3. The Morgan fingerprint density at radius 3 is 2.47 bits per heavy atom. The summed E-state index contributed by atoms with van der Waals surface area (Å²) in [5.41, 5.74) is 2.19. The first-order chi connectivity index (χ1) is 9.08. The van der Waals surface area contributed by atoms with Crippen LogP contribution in [-0.4, -0.2) is 22.0 Å². The second-order valence-corrected chi connectivity index (χ2v) is 3.96. The number of pyridine rings is 1. The number of nitrogens with one attached hydrogen (secondary N) is 1. The lowest BCUT2D eigenvalue weighted by Crippen LogP contribution is -2.07.